The molecule has 1 atom stereocenters. The second-order valence-corrected chi connectivity index (χ2v) is 7.94. The minimum atomic E-state index is -0.00434. The first kappa shape index (κ1) is 20.9. The van der Waals surface area contributed by atoms with E-state index in [2.05, 4.69) is 26.2 Å². The topological polar surface area (TPSA) is 68.0 Å². The lowest BCUT2D eigenvalue weighted by Gasteiger charge is -2.10. The largest absolute Gasteiger partial charge is 0.354 e. The van der Waals surface area contributed by atoms with Crippen LogP contribution in [0.2, 0.25) is 0 Å². The summed E-state index contributed by atoms with van der Waals surface area (Å²) in [5.41, 5.74) is 6.79. The van der Waals surface area contributed by atoms with Crippen molar-refractivity contribution in [3.63, 3.8) is 0 Å². The van der Waals surface area contributed by atoms with Crippen molar-refractivity contribution >= 4 is 69.3 Å². The third-order valence-corrected chi connectivity index (χ3v) is 6.19. The van der Waals surface area contributed by atoms with Crippen molar-refractivity contribution < 1.29 is 4.79 Å². The van der Waals surface area contributed by atoms with E-state index in [0.29, 0.717) is 18.9 Å². The van der Waals surface area contributed by atoms with Crippen LogP contribution in [0.3, 0.4) is 0 Å². The van der Waals surface area contributed by atoms with Gasteiger partial charge in [-0.05, 0) is 40.8 Å². The number of carbonyl (C=O) groups is 1. The van der Waals surface area contributed by atoms with E-state index in [1.807, 2.05) is 16.8 Å². The Balaban J connectivity index is 0.00000132. The molecule has 9 heteroatoms. The van der Waals surface area contributed by atoms with Crippen LogP contribution in [0.1, 0.15) is 18.5 Å². The molecule has 1 aliphatic carbocycles. The highest BCUT2D eigenvalue weighted by Gasteiger charge is 2.28. The molecular weight excluding hydrogens is 441 g/mol. The maximum absolute atomic E-state index is 11.9. The van der Waals surface area contributed by atoms with Crippen LogP contribution in [0.25, 0.3) is 9.88 Å². The fourth-order valence-electron chi connectivity index (χ4n) is 2.08. The van der Waals surface area contributed by atoms with E-state index in [9.17, 15) is 4.79 Å². The van der Waals surface area contributed by atoms with Gasteiger partial charge in [0.15, 0.2) is 0 Å². The van der Waals surface area contributed by atoms with Gasteiger partial charge in [-0.3, -0.25) is 4.79 Å². The Labute approximate surface area is 164 Å². The van der Waals surface area contributed by atoms with Gasteiger partial charge < -0.3 is 11.1 Å². The summed E-state index contributed by atoms with van der Waals surface area (Å²) >= 11 is 6.65. The zero-order valence-corrected chi connectivity index (χ0v) is 17.0. The van der Waals surface area contributed by atoms with Gasteiger partial charge in [-0.15, -0.1) is 47.5 Å². The fourth-order valence-corrected chi connectivity index (χ4v) is 4.40. The monoisotopic (exact) mass is 457 g/mol. The third kappa shape index (κ3) is 5.99. The van der Waals surface area contributed by atoms with Crippen LogP contribution in [0, 0.1) is 5.92 Å². The predicted octanol–water partition coefficient (Wildman–Crippen LogP) is 3.87. The Bertz CT molecular complexity index is 646. The number of nitrogens with one attached hydrogen (secondary N) is 1. The van der Waals surface area contributed by atoms with Crippen LogP contribution in [0.4, 0.5) is 0 Å². The first-order valence-electron chi connectivity index (χ1n) is 6.83. The summed E-state index contributed by atoms with van der Waals surface area (Å²) < 4.78 is 1.06. The Kier molecular flexibility index (Phi) is 8.47. The molecule has 1 saturated carbocycles. The minimum absolute atomic E-state index is 0. The number of thiazole rings is 1. The number of nitrogens with two attached hydrogens (primary N) is 1. The highest BCUT2D eigenvalue weighted by molar-refractivity contribution is 9.10. The van der Waals surface area contributed by atoms with Gasteiger partial charge in [-0.25, -0.2) is 4.98 Å². The molecule has 3 N–H and O–H groups in total. The van der Waals surface area contributed by atoms with Crippen molar-refractivity contribution in [3.8, 4) is 9.88 Å². The minimum Gasteiger partial charge on any atom is -0.354 e. The van der Waals surface area contributed by atoms with E-state index < -0.39 is 0 Å². The van der Waals surface area contributed by atoms with Gasteiger partial charge in [0, 0.05) is 27.8 Å². The summed E-state index contributed by atoms with van der Waals surface area (Å²) in [6.45, 7) is 0.568. The number of hydrogen-bond donors (Lipinski definition) is 2. The SMILES string of the molecule is Cl.Cl.NC(CNC(=O)Cc1csc(-c2cc(Br)cs2)n1)C1CC1. The van der Waals surface area contributed by atoms with Crippen LogP contribution >= 0.6 is 63.4 Å². The summed E-state index contributed by atoms with van der Waals surface area (Å²) in [5.74, 6) is 0.601. The van der Waals surface area contributed by atoms with Gasteiger partial charge in [-0.2, -0.15) is 0 Å². The van der Waals surface area contributed by atoms with Crippen molar-refractivity contribution in [2.75, 3.05) is 6.54 Å². The lowest BCUT2D eigenvalue weighted by molar-refractivity contribution is -0.120. The highest BCUT2D eigenvalue weighted by atomic mass is 79.9. The average molecular weight is 459 g/mol. The number of rotatable bonds is 6. The predicted molar refractivity (Wildman–Crippen MR) is 105 cm³/mol. The van der Waals surface area contributed by atoms with E-state index in [-0.39, 0.29) is 36.8 Å². The van der Waals surface area contributed by atoms with E-state index in [0.717, 1.165) is 20.1 Å². The highest BCUT2D eigenvalue weighted by Crippen LogP contribution is 2.32. The smallest absolute Gasteiger partial charge is 0.226 e. The number of carbonyl (C=O) groups excluding carboxylic acids is 1. The quantitative estimate of drug-likeness (QED) is 0.690. The molecule has 2 heterocycles. The molecule has 0 radical (unpaired) electrons. The molecule has 0 aliphatic heterocycles. The van der Waals surface area contributed by atoms with E-state index in [1.165, 1.54) is 12.8 Å². The van der Waals surface area contributed by atoms with Crippen molar-refractivity contribution in [1.29, 1.82) is 0 Å². The van der Waals surface area contributed by atoms with Crippen LogP contribution in [-0.2, 0) is 11.2 Å². The molecule has 0 bridgehead atoms. The maximum Gasteiger partial charge on any atom is 0.226 e. The molecular formula is C14H18BrCl2N3OS2. The second-order valence-electron chi connectivity index (χ2n) is 5.26. The number of amides is 1. The Morgan fingerprint density at radius 3 is 2.74 bits per heavy atom. The summed E-state index contributed by atoms with van der Waals surface area (Å²) in [6.07, 6.45) is 2.71. The van der Waals surface area contributed by atoms with Crippen LogP contribution < -0.4 is 11.1 Å². The third-order valence-electron chi connectivity index (χ3n) is 3.43. The van der Waals surface area contributed by atoms with Gasteiger partial charge in [0.05, 0.1) is 17.0 Å². The molecule has 1 amide bonds. The number of aromatic nitrogens is 1. The van der Waals surface area contributed by atoms with Gasteiger partial charge in [0.25, 0.3) is 0 Å². The average Bonchev–Trinajstić information content (AvgIpc) is 3.07. The van der Waals surface area contributed by atoms with E-state index in [4.69, 9.17) is 5.73 Å². The van der Waals surface area contributed by atoms with E-state index in [1.54, 1.807) is 22.7 Å². The zero-order chi connectivity index (χ0) is 14.8. The second kappa shape index (κ2) is 9.34. The summed E-state index contributed by atoms with van der Waals surface area (Å²) in [5, 5.41) is 7.84. The lowest BCUT2D eigenvalue weighted by atomic mass is 10.2. The molecule has 1 fully saturated rings. The molecule has 0 aromatic carbocycles. The Morgan fingerprint density at radius 1 is 1.39 bits per heavy atom. The van der Waals surface area contributed by atoms with Crippen molar-refractivity contribution in [3.05, 3.63) is 27.0 Å². The van der Waals surface area contributed by atoms with Gasteiger partial charge >= 0.3 is 0 Å². The molecule has 1 unspecified atom stereocenters. The van der Waals surface area contributed by atoms with E-state index >= 15 is 0 Å². The maximum atomic E-state index is 11.9. The van der Waals surface area contributed by atoms with Crippen LogP contribution in [0.5, 0.6) is 0 Å². The molecule has 0 saturated heterocycles. The lowest BCUT2D eigenvalue weighted by Crippen LogP contribution is -2.39. The molecule has 23 heavy (non-hydrogen) atoms. The zero-order valence-electron chi connectivity index (χ0n) is 12.2. The number of nitrogens with zero attached hydrogens (tertiary/aromatic N) is 1. The molecule has 128 valence electrons. The van der Waals surface area contributed by atoms with Gasteiger partial charge in [0.1, 0.15) is 5.01 Å². The standard InChI is InChI=1S/C14H16BrN3OS2.2ClH/c15-9-3-12(20-6-9)14-18-10(7-21-14)4-13(19)17-5-11(16)8-1-2-8;;/h3,6-8,11H,1-2,4-5,16H2,(H,17,19);2*1H. The summed E-state index contributed by atoms with van der Waals surface area (Å²) in [7, 11) is 0. The first-order valence-corrected chi connectivity index (χ1v) is 9.38. The van der Waals surface area contributed by atoms with Crippen LogP contribution in [-0.4, -0.2) is 23.5 Å². The van der Waals surface area contributed by atoms with Gasteiger partial charge in [-0.1, -0.05) is 0 Å². The summed E-state index contributed by atoms with van der Waals surface area (Å²) in [6, 6.07) is 2.14. The molecule has 3 rings (SSSR count). The molecule has 4 nitrogen and oxygen atoms in total. The number of hydrogen-bond acceptors (Lipinski definition) is 5. The normalized spacial score (nSPS) is 14.5. The van der Waals surface area contributed by atoms with Crippen molar-refractivity contribution in [2.24, 2.45) is 11.7 Å². The first-order chi connectivity index (χ1) is 10.1. The number of thiophene rings is 1. The van der Waals surface area contributed by atoms with Crippen molar-refractivity contribution in [1.82, 2.24) is 10.3 Å². The van der Waals surface area contributed by atoms with Gasteiger partial charge in [0.2, 0.25) is 5.91 Å². The van der Waals surface area contributed by atoms with Crippen molar-refractivity contribution in [2.45, 2.75) is 25.3 Å². The molecule has 1 aliphatic rings. The summed E-state index contributed by atoms with van der Waals surface area (Å²) in [4.78, 5) is 17.5. The molecule has 0 spiro atoms. The number of halogens is 3. The van der Waals surface area contributed by atoms with Crippen LogP contribution in [0.15, 0.2) is 21.3 Å². The molecule has 2 aromatic heterocycles. The fraction of sp³-hybridized carbons (Fsp3) is 0.429. The Hall–Kier alpha value is -0.180. The Morgan fingerprint density at radius 2 is 2.13 bits per heavy atom. The molecule has 2 aromatic rings.